The van der Waals surface area contributed by atoms with Crippen LogP contribution in [0.25, 0.3) is 0 Å². The molecule has 0 unspecified atom stereocenters. The first-order chi connectivity index (χ1) is 8.29. The van der Waals surface area contributed by atoms with Crippen molar-refractivity contribution in [3.8, 4) is 0 Å². The highest BCUT2D eigenvalue weighted by Crippen LogP contribution is 2.27. The molecule has 0 aliphatic heterocycles. The largest absolute Gasteiger partial charge is 0.353 e. The van der Waals surface area contributed by atoms with E-state index in [0.717, 1.165) is 18.5 Å². The van der Waals surface area contributed by atoms with Crippen molar-refractivity contribution < 1.29 is 0 Å². The van der Waals surface area contributed by atoms with Crippen LogP contribution in [0.5, 0.6) is 0 Å². The van der Waals surface area contributed by atoms with Crippen LogP contribution in [0.15, 0.2) is 18.3 Å². The van der Waals surface area contributed by atoms with E-state index in [2.05, 4.69) is 42.2 Å². The van der Waals surface area contributed by atoms with Gasteiger partial charge < -0.3 is 9.88 Å². The molecule has 0 bridgehead atoms. The summed E-state index contributed by atoms with van der Waals surface area (Å²) in [4.78, 5) is 0. The molecular weight excluding hydrogens is 208 g/mol. The summed E-state index contributed by atoms with van der Waals surface area (Å²) in [6.07, 6.45) is 10.5. The van der Waals surface area contributed by atoms with Gasteiger partial charge in [0.2, 0.25) is 0 Å². The van der Waals surface area contributed by atoms with Gasteiger partial charge in [-0.15, -0.1) is 0 Å². The van der Waals surface area contributed by atoms with Crippen molar-refractivity contribution in [3.63, 3.8) is 0 Å². The molecule has 0 aromatic carbocycles. The first-order valence-electron chi connectivity index (χ1n) is 7.13. The molecule has 2 nitrogen and oxygen atoms in total. The van der Waals surface area contributed by atoms with Crippen molar-refractivity contribution in [1.29, 1.82) is 0 Å². The first kappa shape index (κ1) is 12.7. The molecule has 0 spiro atoms. The Morgan fingerprint density at radius 1 is 1.29 bits per heavy atom. The first-order valence-corrected chi connectivity index (χ1v) is 7.13. The molecule has 96 valence electrons. The minimum atomic E-state index is 0.748. The van der Waals surface area contributed by atoms with Crippen molar-refractivity contribution in [3.05, 3.63) is 24.0 Å². The highest BCUT2D eigenvalue weighted by Gasteiger charge is 2.19. The maximum absolute atomic E-state index is 3.71. The van der Waals surface area contributed by atoms with E-state index < -0.39 is 0 Å². The summed E-state index contributed by atoms with van der Waals surface area (Å²) in [6, 6.07) is 5.07. The fourth-order valence-electron chi connectivity index (χ4n) is 2.99. The monoisotopic (exact) mass is 234 g/mol. The minimum Gasteiger partial charge on any atom is -0.353 e. The second kappa shape index (κ2) is 6.25. The minimum absolute atomic E-state index is 0.748. The summed E-state index contributed by atoms with van der Waals surface area (Å²) in [5.74, 6) is 1.01. The van der Waals surface area contributed by atoms with E-state index in [-0.39, 0.29) is 0 Å². The van der Waals surface area contributed by atoms with Crippen LogP contribution in [0.3, 0.4) is 0 Å². The molecule has 1 N–H and O–H groups in total. The van der Waals surface area contributed by atoms with Gasteiger partial charge in [0.05, 0.1) is 0 Å². The number of aryl methyl sites for hydroxylation is 1. The Morgan fingerprint density at radius 2 is 2.06 bits per heavy atom. The topological polar surface area (TPSA) is 17.0 Å². The highest BCUT2D eigenvalue weighted by molar-refractivity contribution is 5.06. The number of nitrogens with zero attached hydrogens (tertiary/aromatic N) is 1. The Bertz CT molecular complexity index is 321. The molecular formula is C15H26N2. The summed E-state index contributed by atoms with van der Waals surface area (Å²) >= 11 is 0. The van der Waals surface area contributed by atoms with Gasteiger partial charge in [-0.1, -0.05) is 19.8 Å². The van der Waals surface area contributed by atoms with E-state index in [1.54, 1.807) is 0 Å². The van der Waals surface area contributed by atoms with E-state index in [1.807, 2.05) is 0 Å². The second-order valence-electron chi connectivity index (χ2n) is 5.50. The molecule has 1 aliphatic rings. The molecule has 1 fully saturated rings. The van der Waals surface area contributed by atoms with Crippen LogP contribution in [0.2, 0.25) is 0 Å². The number of hydrogen-bond donors (Lipinski definition) is 1. The predicted octanol–water partition coefficient (Wildman–Crippen LogP) is 3.47. The fourth-order valence-corrected chi connectivity index (χ4v) is 2.99. The summed E-state index contributed by atoms with van der Waals surface area (Å²) in [5, 5.41) is 3.71. The molecule has 1 saturated carbocycles. The predicted molar refractivity (Wildman–Crippen MR) is 72.9 cm³/mol. The lowest BCUT2D eigenvalue weighted by atomic mass is 9.83. The third-order valence-corrected chi connectivity index (χ3v) is 4.17. The van der Waals surface area contributed by atoms with Crippen molar-refractivity contribution in [1.82, 2.24) is 9.88 Å². The lowest BCUT2D eigenvalue weighted by Crippen LogP contribution is -2.33. The molecule has 0 radical (unpaired) electrons. The van der Waals surface area contributed by atoms with Crippen LogP contribution in [0.4, 0.5) is 0 Å². The van der Waals surface area contributed by atoms with Gasteiger partial charge in [-0.2, -0.15) is 0 Å². The smallest absolute Gasteiger partial charge is 0.0361 e. The molecule has 1 heterocycles. The Labute approximate surface area is 105 Å². The van der Waals surface area contributed by atoms with Gasteiger partial charge in [-0.3, -0.25) is 0 Å². The number of rotatable bonds is 5. The number of aromatic nitrogens is 1. The second-order valence-corrected chi connectivity index (χ2v) is 5.50. The zero-order valence-corrected chi connectivity index (χ0v) is 11.3. The van der Waals surface area contributed by atoms with Crippen molar-refractivity contribution >= 4 is 0 Å². The summed E-state index contributed by atoms with van der Waals surface area (Å²) < 4.78 is 2.20. The molecule has 0 atom stereocenters. The van der Waals surface area contributed by atoms with Crippen molar-refractivity contribution in [2.24, 2.45) is 13.0 Å². The zero-order valence-electron chi connectivity index (χ0n) is 11.3. The Morgan fingerprint density at radius 3 is 2.65 bits per heavy atom. The molecule has 17 heavy (non-hydrogen) atoms. The molecule has 1 aliphatic carbocycles. The van der Waals surface area contributed by atoms with E-state index >= 15 is 0 Å². The molecule has 2 rings (SSSR count). The zero-order chi connectivity index (χ0) is 12.1. The maximum atomic E-state index is 3.71. The third kappa shape index (κ3) is 3.60. The quantitative estimate of drug-likeness (QED) is 0.825. The lowest BCUT2D eigenvalue weighted by molar-refractivity contribution is 0.276. The van der Waals surface area contributed by atoms with Crippen LogP contribution in [-0.4, -0.2) is 10.6 Å². The number of hydrogen-bond acceptors (Lipinski definition) is 1. The highest BCUT2D eigenvalue weighted by atomic mass is 15.0. The van der Waals surface area contributed by atoms with Gasteiger partial charge in [-0.05, 0) is 43.7 Å². The van der Waals surface area contributed by atoms with Crippen LogP contribution in [0, 0.1) is 5.92 Å². The number of nitrogens with one attached hydrogen (secondary N) is 1. The van der Waals surface area contributed by atoms with Gasteiger partial charge in [0.25, 0.3) is 0 Å². The van der Waals surface area contributed by atoms with Gasteiger partial charge in [0.15, 0.2) is 0 Å². The van der Waals surface area contributed by atoms with E-state index in [0.29, 0.717) is 0 Å². The van der Waals surface area contributed by atoms with Crippen molar-refractivity contribution in [2.45, 2.75) is 58.0 Å². The van der Waals surface area contributed by atoms with Crippen LogP contribution >= 0.6 is 0 Å². The molecule has 0 amide bonds. The van der Waals surface area contributed by atoms with Gasteiger partial charge in [-0.25, -0.2) is 0 Å². The summed E-state index contributed by atoms with van der Waals surface area (Å²) in [5.41, 5.74) is 1.39. The average molecular weight is 234 g/mol. The Balaban J connectivity index is 1.70. The average Bonchev–Trinajstić information content (AvgIpc) is 2.75. The van der Waals surface area contributed by atoms with Gasteiger partial charge in [0.1, 0.15) is 0 Å². The van der Waals surface area contributed by atoms with E-state index in [4.69, 9.17) is 0 Å². The van der Waals surface area contributed by atoms with Crippen LogP contribution < -0.4 is 5.32 Å². The van der Waals surface area contributed by atoms with Crippen LogP contribution in [0.1, 0.15) is 51.1 Å². The maximum Gasteiger partial charge on any atom is 0.0361 e. The third-order valence-electron chi connectivity index (χ3n) is 4.17. The van der Waals surface area contributed by atoms with Crippen molar-refractivity contribution in [2.75, 3.05) is 0 Å². The SMILES string of the molecule is CCCC1CCC(NCc2cccn2C)CC1. The molecule has 2 heteroatoms. The molecule has 0 saturated heterocycles. The van der Waals surface area contributed by atoms with Gasteiger partial charge in [0, 0.05) is 31.5 Å². The summed E-state index contributed by atoms with van der Waals surface area (Å²) in [7, 11) is 2.12. The van der Waals surface area contributed by atoms with E-state index in [1.165, 1.54) is 44.2 Å². The fraction of sp³-hybridized carbons (Fsp3) is 0.733. The standard InChI is InChI=1S/C15H26N2/c1-3-5-13-7-9-14(10-8-13)16-12-15-6-4-11-17(15)2/h4,6,11,13-14,16H,3,5,7-10,12H2,1-2H3. The molecule has 1 aromatic rings. The Kier molecular flexibility index (Phi) is 4.66. The molecule has 1 aromatic heterocycles. The van der Waals surface area contributed by atoms with Crippen LogP contribution in [-0.2, 0) is 13.6 Å². The summed E-state index contributed by atoms with van der Waals surface area (Å²) in [6.45, 7) is 3.33. The van der Waals surface area contributed by atoms with Gasteiger partial charge >= 0.3 is 0 Å². The normalized spacial score (nSPS) is 25.1. The Hall–Kier alpha value is -0.760. The lowest BCUT2D eigenvalue weighted by Gasteiger charge is -2.29. The van der Waals surface area contributed by atoms with E-state index in [9.17, 15) is 0 Å².